The second kappa shape index (κ2) is 9.85. The Labute approximate surface area is 181 Å². The molecule has 1 aliphatic rings. The van der Waals surface area contributed by atoms with Crippen LogP contribution in [0.4, 0.5) is 0 Å². The van der Waals surface area contributed by atoms with Crippen molar-refractivity contribution in [2.75, 3.05) is 27.4 Å². The number of hydrogen-bond donors (Lipinski definition) is 0. The van der Waals surface area contributed by atoms with Crippen LogP contribution in [0.25, 0.3) is 0 Å². The largest absolute Gasteiger partial charge is 0.493 e. The zero-order valence-corrected chi connectivity index (χ0v) is 18.1. The van der Waals surface area contributed by atoms with E-state index in [1.807, 2.05) is 30.3 Å². The van der Waals surface area contributed by atoms with Crippen molar-refractivity contribution < 1.29 is 23.8 Å². The minimum atomic E-state index is -0.538. The van der Waals surface area contributed by atoms with Gasteiger partial charge in [-0.25, -0.2) is 0 Å². The minimum absolute atomic E-state index is 0.0616. The summed E-state index contributed by atoms with van der Waals surface area (Å²) in [7, 11) is 3.18. The van der Waals surface area contributed by atoms with Crippen molar-refractivity contribution in [3.05, 3.63) is 58.6 Å². The summed E-state index contributed by atoms with van der Waals surface area (Å²) in [5.41, 5.74) is 1.88. The predicted molar refractivity (Wildman–Crippen MR) is 114 cm³/mol. The van der Waals surface area contributed by atoms with E-state index in [-0.39, 0.29) is 30.9 Å². The Bertz CT molecular complexity index is 899. The Morgan fingerprint density at radius 1 is 1.10 bits per heavy atom. The van der Waals surface area contributed by atoms with E-state index in [4.69, 9.17) is 25.8 Å². The molecule has 3 rings (SSSR count). The standard InChI is InChI=1S/C23H26ClNO5/c1-4-30-23(27)18-14-21(26)25(22(18)16-6-8-17(24)9-7-16)12-11-15-5-10-19(28-2)20(13-15)29-3/h5-10,13,18,22H,4,11-12,14H2,1-3H3/t18-,22+/m1/s1. The van der Waals surface area contributed by atoms with E-state index < -0.39 is 5.92 Å². The quantitative estimate of drug-likeness (QED) is 0.590. The van der Waals surface area contributed by atoms with Crippen LogP contribution in [-0.2, 0) is 20.7 Å². The molecular formula is C23H26ClNO5. The number of hydrogen-bond acceptors (Lipinski definition) is 5. The number of esters is 1. The lowest BCUT2D eigenvalue weighted by molar-refractivity contribution is -0.149. The van der Waals surface area contributed by atoms with Gasteiger partial charge in [-0.15, -0.1) is 0 Å². The Kier molecular flexibility index (Phi) is 7.21. The van der Waals surface area contributed by atoms with Crippen LogP contribution in [0.3, 0.4) is 0 Å². The lowest BCUT2D eigenvalue weighted by Crippen LogP contribution is -2.32. The molecule has 2 aromatic carbocycles. The molecule has 1 amide bonds. The molecule has 1 fully saturated rings. The maximum Gasteiger partial charge on any atom is 0.311 e. The molecule has 2 aromatic rings. The molecule has 0 radical (unpaired) electrons. The molecule has 0 aliphatic carbocycles. The molecular weight excluding hydrogens is 406 g/mol. The molecule has 7 heteroatoms. The van der Waals surface area contributed by atoms with Crippen LogP contribution in [0.2, 0.25) is 5.02 Å². The average molecular weight is 432 g/mol. The maximum absolute atomic E-state index is 12.8. The van der Waals surface area contributed by atoms with Gasteiger partial charge in [-0.1, -0.05) is 29.8 Å². The van der Waals surface area contributed by atoms with E-state index in [0.29, 0.717) is 29.5 Å². The third-order valence-electron chi connectivity index (χ3n) is 5.32. The summed E-state index contributed by atoms with van der Waals surface area (Å²) in [4.78, 5) is 27.2. The summed E-state index contributed by atoms with van der Waals surface area (Å²) in [5, 5.41) is 0.604. The molecule has 160 valence electrons. The lowest BCUT2D eigenvalue weighted by atomic mass is 9.93. The van der Waals surface area contributed by atoms with Gasteiger partial charge in [-0.3, -0.25) is 9.59 Å². The van der Waals surface area contributed by atoms with E-state index in [0.717, 1.165) is 11.1 Å². The molecule has 0 spiro atoms. The number of ether oxygens (including phenoxy) is 3. The van der Waals surface area contributed by atoms with Gasteiger partial charge in [0.1, 0.15) is 0 Å². The summed E-state index contributed by atoms with van der Waals surface area (Å²) in [6.45, 7) is 2.51. The van der Waals surface area contributed by atoms with Crippen LogP contribution in [0.1, 0.15) is 30.5 Å². The zero-order valence-electron chi connectivity index (χ0n) is 17.4. The van der Waals surface area contributed by atoms with Crippen LogP contribution in [0.15, 0.2) is 42.5 Å². The number of carbonyl (C=O) groups is 2. The van der Waals surface area contributed by atoms with Crippen LogP contribution in [-0.4, -0.2) is 44.1 Å². The van der Waals surface area contributed by atoms with Gasteiger partial charge in [0.05, 0.1) is 32.8 Å². The highest BCUT2D eigenvalue weighted by Crippen LogP contribution is 2.39. The Morgan fingerprint density at radius 2 is 1.80 bits per heavy atom. The number of nitrogens with zero attached hydrogens (tertiary/aromatic N) is 1. The van der Waals surface area contributed by atoms with Crippen LogP contribution >= 0.6 is 11.6 Å². The first-order chi connectivity index (χ1) is 14.5. The Hall–Kier alpha value is -2.73. The molecule has 1 saturated heterocycles. The molecule has 0 unspecified atom stereocenters. The first-order valence-corrected chi connectivity index (χ1v) is 10.3. The number of halogens is 1. The highest BCUT2D eigenvalue weighted by atomic mass is 35.5. The van der Waals surface area contributed by atoms with Crippen LogP contribution in [0.5, 0.6) is 11.5 Å². The topological polar surface area (TPSA) is 65.1 Å². The van der Waals surface area contributed by atoms with E-state index >= 15 is 0 Å². The molecule has 1 aliphatic heterocycles. The van der Waals surface area contributed by atoms with E-state index in [1.54, 1.807) is 38.2 Å². The highest BCUT2D eigenvalue weighted by molar-refractivity contribution is 6.30. The Morgan fingerprint density at radius 3 is 2.43 bits per heavy atom. The van der Waals surface area contributed by atoms with Crippen molar-refractivity contribution in [1.29, 1.82) is 0 Å². The van der Waals surface area contributed by atoms with E-state index in [9.17, 15) is 9.59 Å². The SMILES string of the molecule is CCOC(=O)[C@@H]1CC(=O)N(CCc2ccc(OC)c(OC)c2)[C@H]1c1ccc(Cl)cc1. The number of rotatable bonds is 8. The number of carbonyl (C=O) groups excluding carboxylic acids is 2. The number of amides is 1. The fourth-order valence-electron chi connectivity index (χ4n) is 3.87. The number of benzene rings is 2. The van der Waals surface area contributed by atoms with E-state index in [1.165, 1.54) is 0 Å². The molecule has 1 heterocycles. The fraction of sp³-hybridized carbons (Fsp3) is 0.391. The second-order valence-corrected chi connectivity index (χ2v) is 7.52. The van der Waals surface area contributed by atoms with Gasteiger partial charge in [0.15, 0.2) is 11.5 Å². The zero-order chi connectivity index (χ0) is 21.7. The molecule has 0 aromatic heterocycles. The van der Waals surface area contributed by atoms with Gasteiger partial charge in [-0.2, -0.15) is 0 Å². The van der Waals surface area contributed by atoms with Gasteiger partial charge in [0, 0.05) is 18.0 Å². The molecule has 0 N–H and O–H groups in total. The monoisotopic (exact) mass is 431 g/mol. The van der Waals surface area contributed by atoms with Crippen molar-refractivity contribution in [2.45, 2.75) is 25.8 Å². The van der Waals surface area contributed by atoms with E-state index in [2.05, 4.69) is 0 Å². The summed E-state index contributed by atoms with van der Waals surface area (Å²) in [5.74, 6) is 0.346. The van der Waals surface area contributed by atoms with Crippen molar-refractivity contribution in [3.8, 4) is 11.5 Å². The van der Waals surface area contributed by atoms with Gasteiger partial charge in [-0.05, 0) is 48.7 Å². The third-order valence-corrected chi connectivity index (χ3v) is 5.57. The lowest BCUT2D eigenvalue weighted by Gasteiger charge is -2.28. The summed E-state index contributed by atoms with van der Waals surface area (Å²) in [6.07, 6.45) is 0.754. The number of methoxy groups -OCH3 is 2. The van der Waals surface area contributed by atoms with Crippen LogP contribution in [0, 0.1) is 5.92 Å². The average Bonchev–Trinajstić information content (AvgIpc) is 3.09. The molecule has 0 bridgehead atoms. The molecule has 30 heavy (non-hydrogen) atoms. The van der Waals surface area contributed by atoms with Gasteiger partial charge in [0.2, 0.25) is 5.91 Å². The fourth-order valence-corrected chi connectivity index (χ4v) is 4.00. The molecule has 0 saturated carbocycles. The minimum Gasteiger partial charge on any atom is -0.493 e. The van der Waals surface area contributed by atoms with Crippen molar-refractivity contribution >= 4 is 23.5 Å². The first-order valence-electron chi connectivity index (χ1n) is 9.91. The summed E-state index contributed by atoms with van der Waals surface area (Å²) < 4.78 is 15.9. The van der Waals surface area contributed by atoms with Crippen LogP contribution < -0.4 is 9.47 Å². The van der Waals surface area contributed by atoms with Gasteiger partial charge < -0.3 is 19.1 Å². The third kappa shape index (κ3) is 4.70. The second-order valence-electron chi connectivity index (χ2n) is 7.09. The van der Waals surface area contributed by atoms with Crippen molar-refractivity contribution in [3.63, 3.8) is 0 Å². The summed E-state index contributed by atoms with van der Waals surface area (Å²) in [6, 6.07) is 12.6. The first kappa shape index (κ1) is 22.0. The maximum atomic E-state index is 12.8. The normalized spacial score (nSPS) is 18.4. The molecule has 6 nitrogen and oxygen atoms in total. The number of likely N-dealkylation sites (tertiary alicyclic amines) is 1. The highest BCUT2D eigenvalue weighted by Gasteiger charge is 2.45. The smallest absolute Gasteiger partial charge is 0.311 e. The van der Waals surface area contributed by atoms with Gasteiger partial charge >= 0.3 is 5.97 Å². The molecule has 2 atom stereocenters. The van der Waals surface area contributed by atoms with Crippen molar-refractivity contribution in [2.24, 2.45) is 5.92 Å². The summed E-state index contributed by atoms with van der Waals surface area (Å²) >= 11 is 6.03. The predicted octanol–water partition coefficient (Wildman–Crippen LogP) is 4.05. The van der Waals surface area contributed by atoms with Gasteiger partial charge in [0.25, 0.3) is 0 Å². The van der Waals surface area contributed by atoms with Crippen molar-refractivity contribution in [1.82, 2.24) is 4.90 Å². The Balaban J connectivity index is 1.84.